The molecule has 1 aliphatic carbocycles. The van der Waals surface area contributed by atoms with Crippen LogP contribution in [0.3, 0.4) is 0 Å². The second-order valence-electron chi connectivity index (χ2n) is 10.5. The number of rotatable bonds is 7. The van der Waals surface area contributed by atoms with Gasteiger partial charge >= 0.3 is 0 Å². The highest BCUT2D eigenvalue weighted by Crippen LogP contribution is 2.48. The van der Waals surface area contributed by atoms with Crippen LogP contribution in [0, 0.1) is 30.6 Å². The van der Waals surface area contributed by atoms with Gasteiger partial charge in [0.15, 0.2) is 23.9 Å². The molecule has 0 aromatic heterocycles. The van der Waals surface area contributed by atoms with Crippen LogP contribution in [0.4, 0.5) is 5.69 Å². The molecule has 0 bridgehead atoms. The van der Waals surface area contributed by atoms with Crippen LogP contribution >= 0.6 is 0 Å². The van der Waals surface area contributed by atoms with Crippen molar-refractivity contribution < 1.29 is 23.8 Å². The molecule has 198 valence electrons. The summed E-state index contributed by atoms with van der Waals surface area (Å²) in [7, 11) is 0. The van der Waals surface area contributed by atoms with E-state index in [0.29, 0.717) is 47.8 Å². The summed E-state index contributed by atoms with van der Waals surface area (Å²) >= 11 is 0. The van der Waals surface area contributed by atoms with E-state index in [1.165, 1.54) is 0 Å². The summed E-state index contributed by atoms with van der Waals surface area (Å²) in [6.07, 6.45) is 0.887. The minimum Gasteiger partial charge on any atom is -0.490 e. The lowest BCUT2D eigenvalue weighted by Crippen LogP contribution is -2.33. The first-order valence-electron chi connectivity index (χ1n) is 12.6. The number of hydrogen-bond donors (Lipinski definition) is 2. The lowest BCUT2D eigenvalue weighted by atomic mass is 9.70. The Kier molecular flexibility index (Phi) is 7.49. The Morgan fingerprint density at radius 1 is 1.16 bits per heavy atom. The molecule has 38 heavy (non-hydrogen) atoms. The van der Waals surface area contributed by atoms with Crippen molar-refractivity contribution in [2.24, 2.45) is 11.1 Å². The number of hydrogen-bond acceptors (Lipinski definition) is 7. The third-order valence-corrected chi connectivity index (χ3v) is 6.70. The molecule has 1 amide bonds. The standard InChI is InChI=1S/C30H33N3O5/c1-6-36-24-12-19(9-10-23(24)37-16-26(35)33-21-11-17(2)7-8-18(21)3)27-20(15-31)29(32)38-25-14-30(4,5)13-22(34)28(25)27/h7-12,27H,6,13-14,16,32H2,1-5H3,(H,33,35). The van der Waals surface area contributed by atoms with Gasteiger partial charge in [0.25, 0.3) is 5.91 Å². The van der Waals surface area contributed by atoms with Crippen molar-refractivity contribution >= 4 is 17.4 Å². The monoisotopic (exact) mass is 515 g/mol. The quantitative estimate of drug-likeness (QED) is 0.521. The number of aryl methyl sites for hydroxylation is 2. The van der Waals surface area contributed by atoms with Crippen LogP contribution < -0.4 is 20.5 Å². The highest BCUT2D eigenvalue weighted by atomic mass is 16.5. The van der Waals surface area contributed by atoms with Crippen LogP contribution in [-0.4, -0.2) is 24.9 Å². The first-order valence-corrected chi connectivity index (χ1v) is 12.6. The van der Waals surface area contributed by atoms with Gasteiger partial charge in [-0.15, -0.1) is 0 Å². The van der Waals surface area contributed by atoms with E-state index >= 15 is 0 Å². The molecule has 0 saturated heterocycles. The van der Waals surface area contributed by atoms with Gasteiger partial charge in [-0.05, 0) is 61.1 Å². The van der Waals surface area contributed by atoms with Crippen molar-refractivity contribution in [2.75, 3.05) is 18.5 Å². The van der Waals surface area contributed by atoms with E-state index in [1.54, 1.807) is 18.2 Å². The van der Waals surface area contributed by atoms with Crippen LogP contribution in [0.25, 0.3) is 0 Å². The molecule has 0 radical (unpaired) electrons. The number of amides is 1. The summed E-state index contributed by atoms with van der Waals surface area (Å²) < 4.78 is 17.4. The average Bonchev–Trinajstić information content (AvgIpc) is 2.84. The molecule has 2 aliphatic rings. The summed E-state index contributed by atoms with van der Waals surface area (Å²) in [6.45, 7) is 9.86. The number of ketones is 1. The smallest absolute Gasteiger partial charge is 0.262 e. The SMILES string of the molecule is CCOc1cc(C2C(C#N)=C(N)OC3=C2C(=O)CC(C)(C)C3)ccc1OCC(=O)Nc1cc(C)ccc1C. The molecule has 0 fully saturated rings. The van der Waals surface area contributed by atoms with Crippen molar-refractivity contribution in [3.63, 3.8) is 0 Å². The molecule has 1 heterocycles. The third kappa shape index (κ3) is 5.52. The molecular formula is C30H33N3O5. The molecular weight excluding hydrogens is 482 g/mol. The van der Waals surface area contributed by atoms with Gasteiger partial charge in [-0.3, -0.25) is 9.59 Å². The van der Waals surface area contributed by atoms with E-state index in [2.05, 4.69) is 11.4 Å². The number of anilines is 1. The summed E-state index contributed by atoms with van der Waals surface area (Å²) in [5, 5.41) is 12.8. The summed E-state index contributed by atoms with van der Waals surface area (Å²) in [4.78, 5) is 25.8. The van der Waals surface area contributed by atoms with Gasteiger partial charge in [0.05, 0.1) is 12.5 Å². The number of nitrogens with zero attached hydrogens (tertiary/aromatic N) is 1. The van der Waals surface area contributed by atoms with Crippen LogP contribution in [0.2, 0.25) is 0 Å². The Balaban J connectivity index is 1.62. The van der Waals surface area contributed by atoms with Gasteiger partial charge < -0.3 is 25.3 Å². The molecule has 8 nitrogen and oxygen atoms in total. The van der Waals surface area contributed by atoms with Crippen LogP contribution in [0.1, 0.15) is 56.2 Å². The zero-order valence-corrected chi connectivity index (χ0v) is 22.4. The Morgan fingerprint density at radius 3 is 2.63 bits per heavy atom. The minimum atomic E-state index is -0.673. The topological polar surface area (TPSA) is 124 Å². The van der Waals surface area contributed by atoms with Gasteiger partial charge in [0.1, 0.15) is 17.4 Å². The van der Waals surface area contributed by atoms with Crippen LogP contribution in [0.15, 0.2) is 59.2 Å². The van der Waals surface area contributed by atoms with E-state index in [1.807, 2.05) is 52.8 Å². The van der Waals surface area contributed by atoms with E-state index in [9.17, 15) is 14.9 Å². The second kappa shape index (κ2) is 10.6. The Hall–Kier alpha value is -4.25. The molecule has 4 rings (SSSR count). The maximum atomic E-state index is 13.2. The van der Waals surface area contributed by atoms with Crippen LogP contribution in [-0.2, 0) is 14.3 Å². The number of nitrogens with one attached hydrogen (secondary N) is 1. The number of nitriles is 1. The lowest BCUT2D eigenvalue weighted by molar-refractivity contribution is -0.119. The van der Waals surface area contributed by atoms with Crippen molar-refractivity contribution in [2.45, 2.75) is 53.4 Å². The van der Waals surface area contributed by atoms with E-state index in [0.717, 1.165) is 16.8 Å². The fourth-order valence-corrected chi connectivity index (χ4v) is 4.91. The predicted octanol–water partition coefficient (Wildman–Crippen LogP) is 5.17. The number of carbonyl (C=O) groups excluding carboxylic acids is 2. The molecule has 1 aliphatic heterocycles. The second-order valence-corrected chi connectivity index (χ2v) is 10.5. The molecule has 1 unspecified atom stereocenters. The van der Waals surface area contributed by atoms with Gasteiger partial charge in [0, 0.05) is 24.1 Å². The fraction of sp³-hybridized carbons (Fsp3) is 0.367. The molecule has 8 heteroatoms. The highest BCUT2D eigenvalue weighted by molar-refractivity contribution is 6.00. The van der Waals surface area contributed by atoms with Gasteiger partial charge in [-0.25, -0.2) is 0 Å². The van der Waals surface area contributed by atoms with Crippen molar-refractivity contribution in [3.8, 4) is 17.6 Å². The van der Waals surface area contributed by atoms with E-state index < -0.39 is 5.92 Å². The van der Waals surface area contributed by atoms with Crippen molar-refractivity contribution in [1.29, 1.82) is 5.26 Å². The number of benzene rings is 2. The van der Waals surface area contributed by atoms with Gasteiger partial charge in [0.2, 0.25) is 5.88 Å². The molecule has 3 N–H and O–H groups in total. The van der Waals surface area contributed by atoms with Gasteiger partial charge in [-0.1, -0.05) is 32.0 Å². The number of nitrogens with two attached hydrogens (primary N) is 1. The van der Waals surface area contributed by atoms with Crippen molar-refractivity contribution in [1.82, 2.24) is 0 Å². The lowest BCUT2D eigenvalue weighted by Gasteiger charge is -2.37. The predicted molar refractivity (Wildman–Crippen MR) is 143 cm³/mol. The minimum absolute atomic E-state index is 0.00292. The van der Waals surface area contributed by atoms with Gasteiger partial charge in [-0.2, -0.15) is 5.26 Å². The Bertz CT molecular complexity index is 1400. The molecule has 1 atom stereocenters. The maximum absolute atomic E-state index is 13.2. The Labute approximate surface area is 223 Å². The van der Waals surface area contributed by atoms with Crippen LogP contribution in [0.5, 0.6) is 11.5 Å². The normalized spacial score (nSPS) is 18.3. The maximum Gasteiger partial charge on any atom is 0.262 e. The number of ether oxygens (including phenoxy) is 3. The summed E-state index contributed by atoms with van der Waals surface area (Å²) in [5.74, 6) is 0.243. The largest absolute Gasteiger partial charge is 0.490 e. The molecule has 0 saturated carbocycles. The van der Waals surface area contributed by atoms with Crippen molar-refractivity contribution in [3.05, 3.63) is 75.9 Å². The first-order chi connectivity index (χ1) is 18.0. The fourth-order valence-electron chi connectivity index (χ4n) is 4.91. The average molecular weight is 516 g/mol. The number of allylic oxidation sites excluding steroid dienone is 3. The number of Topliss-reactive ketones (excluding diaryl/α,β-unsaturated/α-hetero) is 1. The summed E-state index contributed by atoms with van der Waals surface area (Å²) in [5.41, 5.74) is 9.89. The summed E-state index contributed by atoms with van der Waals surface area (Å²) in [6, 6.07) is 13.2. The third-order valence-electron chi connectivity index (χ3n) is 6.70. The Morgan fingerprint density at radius 2 is 1.92 bits per heavy atom. The van der Waals surface area contributed by atoms with E-state index in [4.69, 9.17) is 19.9 Å². The van der Waals surface area contributed by atoms with E-state index in [-0.39, 0.29) is 35.2 Å². The zero-order valence-electron chi connectivity index (χ0n) is 22.4. The highest BCUT2D eigenvalue weighted by Gasteiger charge is 2.43. The zero-order chi connectivity index (χ0) is 27.6. The molecule has 2 aromatic rings. The number of carbonyl (C=O) groups is 2. The first kappa shape index (κ1) is 26.8. The molecule has 0 spiro atoms. The molecule has 2 aromatic carbocycles.